The summed E-state index contributed by atoms with van der Waals surface area (Å²) in [4.78, 5) is 33.4. The largest absolute Gasteiger partial charge is 0.473 e. The van der Waals surface area contributed by atoms with Crippen molar-refractivity contribution in [3.63, 3.8) is 0 Å². The number of carbonyl (C=O) groups excluding carboxylic acids is 1. The van der Waals surface area contributed by atoms with Crippen molar-refractivity contribution in [3.05, 3.63) is 35.9 Å². The van der Waals surface area contributed by atoms with E-state index in [1.54, 1.807) is 0 Å². The molecule has 0 saturated carbocycles. The van der Waals surface area contributed by atoms with Gasteiger partial charge >= 0.3 is 17.9 Å². The molecule has 2 aliphatic heterocycles. The number of morpholine rings is 1. The summed E-state index contributed by atoms with van der Waals surface area (Å²) in [5.41, 5.74) is 0.593. The first-order valence-corrected chi connectivity index (χ1v) is 9.65. The molecule has 0 aromatic heterocycles. The van der Waals surface area contributed by atoms with Crippen LogP contribution in [0, 0.1) is 0 Å². The van der Waals surface area contributed by atoms with E-state index in [4.69, 9.17) is 29.3 Å². The second kappa shape index (κ2) is 11.5. The van der Waals surface area contributed by atoms with Crippen molar-refractivity contribution >= 4 is 17.9 Å². The van der Waals surface area contributed by atoms with Gasteiger partial charge in [0.2, 0.25) is 0 Å². The van der Waals surface area contributed by atoms with Gasteiger partial charge in [-0.25, -0.2) is 9.59 Å². The van der Waals surface area contributed by atoms with Crippen LogP contribution in [-0.4, -0.2) is 85.6 Å². The Hall–Kier alpha value is -2.49. The van der Waals surface area contributed by atoms with Crippen LogP contribution in [0.25, 0.3) is 0 Å². The predicted molar refractivity (Wildman–Crippen MR) is 104 cm³/mol. The number of hydrogen-bond donors (Lipinski definition) is 3. The minimum Gasteiger partial charge on any atom is -0.473 e. The number of carboxylic acid groups (broad SMARTS) is 2. The summed E-state index contributed by atoms with van der Waals surface area (Å²) in [6.07, 6.45) is 1.60. The van der Waals surface area contributed by atoms with Gasteiger partial charge in [-0.05, 0) is 31.5 Å². The first-order chi connectivity index (χ1) is 14.0. The number of carboxylic acids is 2. The van der Waals surface area contributed by atoms with Gasteiger partial charge in [0.15, 0.2) is 0 Å². The molecular weight excluding hydrogens is 380 g/mol. The lowest BCUT2D eigenvalue weighted by Gasteiger charge is -2.36. The third-order valence-electron chi connectivity index (χ3n) is 5.10. The summed E-state index contributed by atoms with van der Waals surface area (Å²) < 4.78 is 11.0. The second-order valence-corrected chi connectivity index (χ2v) is 6.90. The molecule has 9 nitrogen and oxygen atoms in total. The van der Waals surface area contributed by atoms with Gasteiger partial charge in [0.1, 0.15) is 6.61 Å². The molecule has 0 aliphatic carbocycles. The number of benzene rings is 1. The first kappa shape index (κ1) is 22.8. The Balaban J connectivity index is 0.000000438. The van der Waals surface area contributed by atoms with E-state index >= 15 is 0 Å². The molecule has 0 amide bonds. The van der Waals surface area contributed by atoms with Gasteiger partial charge < -0.3 is 25.0 Å². The molecule has 0 spiro atoms. The summed E-state index contributed by atoms with van der Waals surface area (Å²) >= 11 is 0. The lowest BCUT2D eigenvalue weighted by atomic mass is 9.73. The van der Waals surface area contributed by atoms with Crippen LogP contribution in [0.5, 0.6) is 0 Å². The molecule has 9 heteroatoms. The van der Waals surface area contributed by atoms with Gasteiger partial charge in [-0.3, -0.25) is 9.69 Å². The van der Waals surface area contributed by atoms with Crippen molar-refractivity contribution < 1.29 is 34.1 Å². The molecule has 2 fully saturated rings. The normalized spacial score (nSPS) is 18.8. The third kappa shape index (κ3) is 6.81. The van der Waals surface area contributed by atoms with E-state index in [1.807, 2.05) is 18.2 Å². The van der Waals surface area contributed by atoms with Gasteiger partial charge in [-0.1, -0.05) is 30.3 Å². The Labute approximate surface area is 169 Å². The topological polar surface area (TPSA) is 125 Å². The van der Waals surface area contributed by atoms with Crippen LogP contribution in [0.1, 0.15) is 18.4 Å². The quantitative estimate of drug-likeness (QED) is 0.467. The minimum absolute atomic E-state index is 0.0709. The van der Waals surface area contributed by atoms with Crippen LogP contribution in [0.2, 0.25) is 0 Å². The first-order valence-electron chi connectivity index (χ1n) is 9.65. The standard InChI is InChI=1S/C18H26N2O3.C2H2O4/c21-17(23-15-12-20-10-13-22-14-11-20)18(6-8-19-9-7-18)16-4-2-1-3-5-16;3-1(4)2(5)6/h1-5,19H,6-15H2;(H,3,4)(H,5,6). The van der Waals surface area contributed by atoms with Crippen LogP contribution in [-0.2, 0) is 29.3 Å². The zero-order chi connectivity index (χ0) is 21.1. The fraction of sp³-hybridized carbons (Fsp3) is 0.550. The molecule has 1 aromatic carbocycles. The van der Waals surface area contributed by atoms with E-state index in [-0.39, 0.29) is 5.97 Å². The van der Waals surface area contributed by atoms with Gasteiger partial charge in [-0.15, -0.1) is 0 Å². The van der Waals surface area contributed by atoms with Crippen molar-refractivity contribution in [2.45, 2.75) is 18.3 Å². The van der Waals surface area contributed by atoms with Crippen molar-refractivity contribution in [1.82, 2.24) is 10.2 Å². The molecule has 2 aliphatic rings. The SMILES string of the molecule is O=C(O)C(=O)O.O=C(OCCN1CCOCC1)C1(c2ccccc2)CCNCC1. The summed E-state index contributed by atoms with van der Waals surface area (Å²) in [7, 11) is 0. The summed E-state index contributed by atoms with van der Waals surface area (Å²) in [6.45, 7) is 6.34. The number of aliphatic carboxylic acids is 2. The highest BCUT2D eigenvalue weighted by Crippen LogP contribution is 2.34. The number of carbonyl (C=O) groups is 3. The number of nitrogens with zero attached hydrogens (tertiary/aromatic N) is 1. The molecule has 3 N–H and O–H groups in total. The highest BCUT2D eigenvalue weighted by molar-refractivity contribution is 6.27. The maximum absolute atomic E-state index is 12.9. The molecule has 160 valence electrons. The number of hydrogen-bond acceptors (Lipinski definition) is 7. The third-order valence-corrected chi connectivity index (χ3v) is 5.10. The van der Waals surface area contributed by atoms with Crippen molar-refractivity contribution in [1.29, 1.82) is 0 Å². The van der Waals surface area contributed by atoms with Gasteiger partial charge in [0.25, 0.3) is 0 Å². The maximum Gasteiger partial charge on any atom is 0.414 e. The second-order valence-electron chi connectivity index (χ2n) is 6.90. The zero-order valence-corrected chi connectivity index (χ0v) is 16.3. The van der Waals surface area contributed by atoms with Crippen LogP contribution in [0.3, 0.4) is 0 Å². The monoisotopic (exact) mass is 408 g/mol. The average Bonchev–Trinajstić information content (AvgIpc) is 2.76. The van der Waals surface area contributed by atoms with Crippen molar-refractivity contribution in [2.24, 2.45) is 0 Å². The molecule has 0 atom stereocenters. The van der Waals surface area contributed by atoms with E-state index in [2.05, 4.69) is 22.3 Å². The number of nitrogens with one attached hydrogen (secondary N) is 1. The lowest BCUT2D eigenvalue weighted by molar-refractivity contribution is -0.159. The average molecular weight is 408 g/mol. The van der Waals surface area contributed by atoms with E-state index < -0.39 is 17.4 Å². The molecule has 3 rings (SSSR count). The minimum atomic E-state index is -1.82. The Morgan fingerprint density at radius 2 is 1.62 bits per heavy atom. The van der Waals surface area contributed by atoms with Crippen molar-refractivity contribution in [3.8, 4) is 0 Å². The Morgan fingerprint density at radius 3 is 2.17 bits per heavy atom. The molecular formula is C20H28N2O7. The van der Waals surface area contributed by atoms with Crippen LogP contribution in [0.4, 0.5) is 0 Å². The van der Waals surface area contributed by atoms with Crippen LogP contribution >= 0.6 is 0 Å². The maximum atomic E-state index is 12.9. The molecule has 2 heterocycles. The zero-order valence-electron chi connectivity index (χ0n) is 16.3. The van der Waals surface area contributed by atoms with E-state index in [0.29, 0.717) is 6.61 Å². The number of rotatable bonds is 5. The predicted octanol–water partition coefficient (Wildman–Crippen LogP) is 0.339. The van der Waals surface area contributed by atoms with Crippen molar-refractivity contribution in [2.75, 3.05) is 52.5 Å². The lowest BCUT2D eigenvalue weighted by Crippen LogP contribution is -2.47. The number of esters is 1. The summed E-state index contributed by atoms with van der Waals surface area (Å²) in [5.74, 6) is -3.72. The fourth-order valence-corrected chi connectivity index (χ4v) is 3.45. The molecule has 0 bridgehead atoms. The highest BCUT2D eigenvalue weighted by Gasteiger charge is 2.42. The van der Waals surface area contributed by atoms with E-state index in [9.17, 15) is 4.79 Å². The molecule has 2 saturated heterocycles. The Morgan fingerprint density at radius 1 is 1.03 bits per heavy atom. The molecule has 0 unspecified atom stereocenters. The Bertz CT molecular complexity index is 657. The van der Waals surface area contributed by atoms with E-state index in [0.717, 1.165) is 64.3 Å². The van der Waals surface area contributed by atoms with E-state index in [1.165, 1.54) is 0 Å². The highest BCUT2D eigenvalue weighted by atomic mass is 16.5. The summed E-state index contributed by atoms with van der Waals surface area (Å²) in [6, 6.07) is 10.1. The number of ether oxygens (including phenoxy) is 2. The molecule has 0 radical (unpaired) electrons. The summed E-state index contributed by atoms with van der Waals surface area (Å²) in [5, 5.41) is 18.1. The van der Waals surface area contributed by atoms with Gasteiger partial charge in [0.05, 0.1) is 18.6 Å². The number of piperidine rings is 1. The fourth-order valence-electron chi connectivity index (χ4n) is 3.45. The van der Waals surface area contributed by atoms with Gasteiger partial charge in [0, 0.05) is 19.6 Å². The van der Waals surface area contributed by atoms with Crippen LogP contribution in [0.15, 0.2) is 30.3 Å². The smallest absolute Gasteiger partial charge is 0.414 e. The Kier molecular flexibility index (Phi) is 9.04. The van der Waals surface area contributed by atoms with Gasteiger partial charge in [-0.2, -0.15) is 0 Å². The molecule has 1 aromatic rings. The van der Waals surface area contributed by atoms with Crippen LogP contribution < -0.4 is 5.32 Å². The molecule has 29 heavy (non-hydrogen) atoms.